The first-order valence-electron chi connectivity index (χ1n) is 9.41. The zero-order valence-corrected chi connectivity index (χ0v) is 16.0. The standard InChI is InChI=1S/C20H17F3N4O4/c21-10-1-2-14-12(5-10)18(29)27(19(30)26-14)16(7-20(31)3-4-20)17(28)25-9-15-13(23)6-11(22)8-24-15/h1-2,5-6,8,16,31H,3-4,7,9H2,(H,25,28)(H,26,30). The Labute approximate surface area is 172 Å². The Balaban J connectivity index is 1.70. The maximum atomic E-state index is 13.8. The van der Waals surface area contributed by atoms with Crippen LogP contribution in [0.4, 0.5) is 13.2 Å². The second kappa shape index (κ2) is 7.65. The number of fused-ring (bicyclic) bond motifs is 1. The molecule has 3 N–H and O–H groups in total. The number of aromatic amines is 1. The molecule has 1 amide bonds. The molecule has 3 aromatic rings. The van der Waals surface area contributed by atoms with E-state index in [-0.39, 0.29) is 23.0 Å². The molecule has 0 spiro atoms. The van der Waals surface area contributed by atoms with Crippen LogP contribution >= 0.6 is 0 Å². The van der Waals surface area contributed by atoms with Crippen molar-refractivity contribution in [3.63, 3.8) is 0 Å². The number of nitrogens with zero attached hydrogens (tertiary/aromatic N) is 2. The van der Waals surface area contributed by atoms with E-state index in [0.29, 0.717) is 23.5 Å². The van der Waals surface area contributed by atoms with Crippen molar-refractivity contribution in [1.29, 1.82) is 0 Å². The fourth-order valence-corrected chi connectivity index (χ4v) is 3.35. The first-order chi connectivity index (χ1) is 14.7. The van der Waals surface area contributed by atoms with Crippen molar-refractivity contribution in [2.45, 2.75) is 37.5 Å². The second-order valence-corrected chi connectivity index (χ2v) is 7.54. The number of rotatable bonds is 6. The zero-order chi connectivity index (χ0) is 22.3. The third kappa shape index (κ3) is 4.22. The number of aliphatic hydroxyl groups is 1. The molecule has 0 radical (unpaired) electrons. The maximum Gasteiger partial charge on any atom is 0.329 e. The summed E-state index contributed by atoms with van der Waals surface area (Å²) in [6, 6.07) is 2.39. The summed E-state index contributed by atoms with van der Waals surface area (Å²) in [7, 11) is 0. The van der Waals surface area contributed by atoms with Crippen LogP contribution in [-0.4, -0.2) is 31.1 Å². The summed E-state index contributed by atoms with van der Waals surface area (Å²) in [5.41, 5.74) is -3.22. The summed E-state index contributed by atoms with van der Waals surface area (Å²) in [5.74, 6) is -3.42. The van der Waals surface area contributed by atoms with E-state index in [9.17, 15) is 32.7 Å². The van der Waals surface area contributed by atoms with Gasteiger partial charge >= 0.3 is 5.69 Å². The Hall–Kier alpha value is -3.47. The Morgan fingerprint density at radius 1 is 1.23 bits per heavy atom. The van der Waals surface area contributed by atoms with E-state index in [4.69, 9.17) is 0 Å². The van der Waals surface area contributed by atoms with Crippen LogP contribution in [0.25, 0.3) is 10.9 Å². The first-order valence-corrected chi connectivity index (χ1v) is 9.41. The number of carbonyl (C=O) groups excluding carboxylic acids is 1. The highest BCUT2D eigenvalue weighted by Crippen LogP contribution is 2.41. The maximum absolute atomic E-state index is 13.8. The van der Waals surface area contributed by atoms with Gasteiger partial charge in [0.2, 0.25) is 5.91 Å². The van der Waals surface area contributed by atoms with Gasteiger partial charge in [0.05, 0.1) is 34.9 Å². The van der Waals surface area contributed by atoms with Gasteiger partial charge in [-0.1, -0.05) is 0 Å². The van der Waals surface area contributed by atoms with Crippen LogP contribution < -0.4 is 16.6 Å². The van der Waals surface area contributed by atoms with E-state index >= 15 is 0 Å². The smallest absolute Gasteiger partial charge is 0.329 e. The Bertz CT molecular complexity index is 1300. The highest BCUT2D eigenvalue weighted by atomic mass is 19.1. The number of aromatic nitrogens is 3. The predicted octanol–water partition coefficient (Wildman–Crippen LogP) is 1.27. The number of benzene rings is 1. The van der Waals surface area contributed by atoms with Crippen molar-refractivity contribution in [2.24, 2.45) is 0 Å². The van der Waals surface area contributed by atoms with Gasteiger partial charge in [0.1, 0.15) is 23.5 Å². The molecule has 1 aliphatic rings. The molecule has 1 saturated carbocycles. The molecular formula is C20H17F3N4O4. The predicted molar refractivity (Wildman–Crippen MR) is 103 cm³/mol. The van der Waals surface area contributed by atoms with Gasteiger partial charge < -0.3 is 15.4 Å². The van der Waals surface area contributed by atoms with Crippen molar-refractivity contribution in [3.05, 3.63) is 74.4 Å². The van der Waals surface area contributed by atoms with E-state index in [1.165, 1.54) is 6.07 Å². The van der Waals surface area contributed by atoms with Crippen molar-refractivity contribution < 1.29 is 23.1 Å². The first kappa shape index (κ1) is 20.8. The summed E-state index contributed by atoms with van der Waals surface area (Å²) in [6.45, 7) is -0.436. The highest BCUT2D eigenvalue weighted by Gasteiger charge is 2.45. The third-order valence-corrected chi connectivity index (χ3v) is 5.22. The molecular weight excluding hydrogens is 417 g/mol. The highest BCUT2D eigenvalue weighted by molar-refractivity contribution is 5.82. The van der Waals surface area contributed by atoms with Crippen LogP contribution in [0.1, 0.15) is 31.0 Å². The quantitative estimate of drug-likeness (QED) is 0.540. The molecule has 0 saturated heterocycles. The molecule has 1 fully saturated rings. The van der Waals surface area contributed by atoms with Crippen LogP contribution in [0.15, 0.2) is 40.1 Å². The number of carbonyl (C=O) groups is 1. The summed E-state index contributed by atoms with van der Waals surface area (Å²) < 4.78 is 41.1. The summed E-state index contributed by atoms with van der Waals surface area (Å²) in [5, 5.41) is 12.5. The summed E-state index contributed by atoms with van der Waals surface area (Å²) in [6.07, 6.45) is 1.28. The molecule has 162 valence electrons. The minimum atomic E-state index is -1.44. The Morgan fingerprint density at radius 2 is 1.97 bits per heavy atom. The molecule has 0 aliphatic heterocycles. The molecule has 2 heterocycles. The average Bonchev–Trinajstić information content (AvgIpc) is 3.44. The fourth-order valence-electron chi connectivity index (χ4n) is 3.35. The van der Waals surface area contributed by atoms with Crippen molar-refractivity contribution >= 4 is 16.8 Å². The summed E-state index contributed by atoms with van der Waals surface area (Å²) >= 11 is 0. The van der Waals surface area contributed by atoms with E-state index in [1.807, 2.05) is 0 Å². The molecule has 1 aromatic carbocycles. The van der Waals surface area contributed by atoms with Gasteiger partial charge in [-0.05, 0) is 31.0 Å². The Morgan fingerprint density at radius 3 is 2.65 bits per heavy atom. The fraction of sp³-hybridized carbons (Fsp3) is 0.300. The lowest BCUT2D eigenvalue weighted by molar-refractivity contribution is -0.125. The number of halogens is 3. The number of hydrogen-bond acceptors (Lipinski definition) is 5. The normalized spacial score (nSPS) is 15.6. The molecule has 8 nitrogen and oxygen atoms in total. The van der Waals surface area contributed by atoms with Gasteiger partial charge in [0.25, 0.3) is 5.56 Å². The minimum absolute atomic E-state index is 0.0922. The molecule has 1 unspecified atom stereocenters. The molecule has 1 atom stereocenters. The van der Waals surface area contributed by atoms with E-state index in [2.05, 4.69) is 15.3 Å². The van der Waals surface area contributed by atoms with Gasteiger partial charge in [-0.3, -0.25) is 14.6 Å². The van der Waals surface area contributed by atoms with Gasteiger partial charge in [-0.25, -0.2) is 22.5 Å². The lowest BCUT2D eigenvalue weighted by Gasteiger charge is -2.21. The molecule has 1 aliphatic carbocycles. The number of hydrogen-bond donors (Lipinski definition) is 3. The van der Waals surface area contributed by atoms with Crippen molar-refractivity contribution in [3.8, 4) is 0 Å². The van der Waals surface area contributed by atoms with Gasteiger partial charge in [0.15, 0.2) is 0 Å². The van der Waals surface area contributed by atoms with Crippen molar-refractivity contribution in [2.75, 3.05) is 0 Å². The van der Waals surface area contributed by atoms with Crippen LogP contribution in [0.3, 0.4) is 0 Å². The monoisotopic (exact) mass is 434 g/mol. The SMILES string of the molecule is O=C(NCc1ncc(F)cc1F)C(CC1(O)CC1)n1c(=O)[nH]c2ccc(F)cc2c1=O. The lowest BCUT2D eigenvalue weighted by atomic mass is 10.1. The van der Waals surface area contributed by atoms with E-state index < -0.39 is 52.8 Å². The number of amides is 1. The Kier molecular flexibility index (Phi) is 5.13. The largest absolute Gasteiger partial charge is 0.390 e. The van der Waals surface area contributed by atoms with Gasteiger partial charge in [0, 0.05) is 12.5 Å². The molecule has 31 heavy (non-hydrogen) atoms. The zero-order valence-electron chi connectivity index (χ0n) is 16.0. The van der Waals surface area contributed by atoms with Crippen LogP contribution in [0, 0.1) is 17.5 Å². The third-order valence-electron chi connectivity index (χ3n) is 5.22. The van der Waals surface area contributed by atoms with E-state index in [1.54, 1.807) is 0 Å². The second-order valence-electron chi connectivity index (χ2n) is 7.54. The number of nitrogens with one attached hydrogen (secondary N) is 2. The lowest BCUT2D eigenvalue weighted by Crippen LogP contribution is -2.46. The molecule has 0 bridgehead atoms. The molecule has 4 rings (SSSR count). The van der Waals surface area contributed by atoms with E-state index in [0.717, 1.165) is 18.3 Å². The van der Waals surface area contributed by atoms with Crippen LogP contribution in [0.5, 0.6) is 0 Å². The van der Waals surface area contributed by atoms with Crippen molar-refractivity contribution in [1.82, 2.24) is 19.9 Å². The number of pyridine rings is 1. The van der Waals surface area contributed by atoms with Crippen LogP contribution in [0.2, 0.25) is 0 Å². The molecule has 2 aromatic heterocycles. The van der Waals surface area contributed by atoms with Gasteiger partial charge in [-0.15, -0.1) is 0 Å². The average molecular weight is 434 g/mol. The molecule has 11 heteroatoms. The topological polar surface area (TPSA) is 117 Å². The number of H-pyrrole nitrogens is 1. The van der Waals surface area contributed by atoms with Gasteiger partial charge in [-0.2, -0.15) is 0 Å². The minimum Gasteiger partial charge on any atom is -0.390 e. The summed E-state index contributed by atoms with van der Waals surface area (Å²) in [4.78, 5) is 44.4. The van der Waals surface area contributed by atoms with Crippen LogP contribution in [-0.2, 0) is 11.3 Å².